The lowest BCUT2D eigenvalue weighted by molar-refractivity contribution is -0.175. The van der Waals surface area contributed by atoms with Crippen LogP contribution in [0.3, 0.4) is 0 Å². The van der Waals surface area contributed by atoms with Crippen molar-refractivity contribution in [3.63, 3.8) is 0 Å². The van der Waals surface area contributed by atoms with Gasteiger partial charge in [-0.1, -0.05) is 6.07 Å². The summed E-state index contributed by atoms with van der Waals surface area (Å²) in [4.78, 5) is 25.3. The molecule has 0 aromatic heterocycles. The van der Waals surface area contributed by atoms with E-state index in [-0.39, 0.29) is 57.2 Å². The molecular weight excluding hydrogens is 389 g/mol. The summed E-state index contributed by atoms with van der Waals surface area (Å²) in [5.74, 6) is -0.640. The lowest BCUT2D eigenvalue weighted by Gasteiger charge is -2.26. The van der Waals surface area contributed by atoms with Gasteiger partial charge in [0.2, 0.25) is 5.91 Å². The minimum Gasteiger partial charge on any atom is -0.491 e. The summed E-state index contributed by atoms with van der Waals surface area (Å²) in [7, 11) is 0. The van der Waals surface area contributed by atoms with E-state index in [0.717, 1.165) is 0 Å². The van der Waals surface area contributed by atoms with Crippen LogP contribution in [0.5, 0.6) is 5.75 Å². The van der Waals surface area contributed by atoms with E-state index in [0.29, 0.717) is 11.3 Å². The number of hydrogen-bond acceptors (Lipinski definition) is 5. The smallest absolute Gasteiger partial charge is 0.411 e. The minimum absolute atomic E-state index is 0. The molecule has 1 aromatic rings. The van der Waals surface area contributed by atoms with E-state index in [2.05, 4.69) is 4.74 Å². The normalized spacial score (nSPS) is 16.5. The summed E-state index contributed by atoms with van der Waals surface area (Å²) in [5, 5.41) is 8.68. The first-order valence-corrected chi connectivity index (χ1v) is 7.85. The third-order valence-electron chi connectivity index (χ3n) is 3.83. The Labute approximate surface area is 160 Å². The Morgan fingerprint density at radius 1 is 1.41 bits per heavy atom. The first-order chi connectivity index (χ1) is 12.2. The van der Waals surface area contributed by atoms with E-state index >= 15 is 0 Å². The number of hydrogen-bond donors (Lipinski definition) is 2. The molecule has 0 saturated carbocycles. The second-order valence-electron chi connectivity index (χ2n) is 5.86. The summed E-state index contributed by atoms with van der Waals surface area (Å²) in [6.07, 6.45) is -4.61. The summed E-state index contributed by atoms with van der Waals surface area (Å²) < 4.78 is 46.2. The maximum Gasteiger partial charge on any atom is 0.411 e. The molecule has 11 heteroatoms. The molecule has 2 rings (SSSR count). The number of alkyl halides is 3. The Hall–Kier alpha value is -1.98. The summed E-state index contributed by atoms with van der Waals surface area (Å²) in [6.45, 7) is 0.381. The first kappa shape index (κ1) is 23.1. The molecule has 1 aliphatic rings. The van der Waals surface area contributed by atoms with E-state index in [1.807, 2.05) is 0 Å². The summed E-state index contributed by atoms with van der Waals surface area (Å²) in [5.41, 5.74) is 2.37. The number of amides is 2. The Kier molecular flexibility index (Phi) is 8.38. The Bertz CT molecular complexity index is 672. The first-order valence-electron chi connectivity index (χ1n) is 7.85. The largest absolute Gasteiger partial charge is 0.491 e. The summed E-state index contributed by atoms with van der Waals surface area (Å²) in [6, 6.07) is 4.21. The van der Waals surface area contributed by atoms with Crippen LogP contribution in [0, 0.1) is 0 Å². The molecule has 2 N–H and O–H groups in total. The van der Waals surface area contributed by atoms with Gasteiger partial charge in [-0.05, 0) is 19.1 Å². The van der Waals surface area contributed by atoms with Gasteiger partial charge in [-0.3, -0.25) is 14.8 Å². The molecule has 1 heterocycles. The Morgan fingerprint density at radius 2 is 2.11 bits per heavy atom. The van der Waals surface area contributed by atoms with Crippen LogP contribution in [-0.4, -0.2) is 54.0 Å². The quantitative estimate of drug-likeness (QED) is 0.440. The molecule has 0 saturated heterocycles. The van der Waals surface area contributed by atoms with Crippen LogP contribution in [0.25, 0.3) is 0 Å². The number of nitrogens with zero attached hydrogens (tertiary/aromatic N) is 1. The van der Waals surface area contributed by atoms with Crippen LogP contribution < -0.4 is 10.2 Å². The van der Waals surface area contributed by atoms with Gasteiger partial charge >= 0.3 is 6.18 Å². The van der Waals surface area contributed by atoms with E-state index in [9.17, 15) is 22.8 Å². The van der Waals surface area contributed by atoms with Crippen LogP contribution >= 0.6 is 13.5 Å². The zero-order valence-corrected chi connectivity index (χ0v) is 15.5. The fraction of sp³-hybridized carbons (Fsp3) is 0.500. The highest BCUT2D eigenvalue weighted by Crippen LogP contribution is 2.27. The van der Waals surface area contributed by atoms with Gasteiger partial charge in [-0.2, -0.15) is 26.7 Å². The number of hydroxylamine groups is 1. The molecule has 27 heavy (non-hydrogen) atoms. The Morgan fingerprint density at radius 3 is 2.74 bits per heavy atom. The van der Waals surface area contributed by atoms with Gasteiger partial charge < -0.3 is 14.4 Å². The van der Waals surface area contributed by atoms with E-state index in [1.165, 1.54) is 22.5 Å². The molecule has 0 spiro atoms. The van der Waals surface area contributed by atoms with Crippen molar-refractivity contribution >= 4 is 25.3 Å². The number of rotatable bonds is 5. The maximum atomic E-state index is 12.3. The molecular formula is C16H21F3N2O5S. The van der Waals surface area contributed by atoms with Crippen LogP contribution in [0.1, 0.15) is 29.3 Å². The van der Waals surface area contributed by atoms with Crippen molar-refractivity contribution in [2.24, 2.45) is 0 Å². The van der Waals surface area contributed by atoms with Gasteiger partial charge in [0, 0.05) is 17.7 Å². The van der Waals surface area contributed by atoms with Crippen molar-refractivity contribution in [3.8, 4) is 5.75 Å². The molecule has 1 aromatic carbocycles. The van der Waals surface area contributed by atoms with Crippen LogP contribution in [0.2, 0.25) is 0 Å². The van der Waals surface area contributed by atoms with Gasteiger partial charge in [0.1, 0.15) is 19.0 Å². The maximum absolute atomic E-state index is 12.3. The molecule has 0 fully saturated rings. The summed E-state index contributed by atoms with van der Waals surface area (Å²) >= 11 is 0. The van der Waals surface area contributed by atoms with Gasteiger partial charge in [0.25, 0.3) is 5.91 Å². The number of carbonyl (C=O) groups excluding carboxylic acids is 2. The molecule has 7 nitrogen and oxygen atoms in total. The topological polar surface area (TPSA) is 88.1 Å². The van der Waals surface area contributed by atoms with E-state index in [1.54, 1.807) is 13.0 Å². The fourth-order valence-corrected chi connectivity index (χ4v) is 2.49. The lowest BCUT2D eigenvalue weighted by atomic mass is 10.1. The second-order valence-corrected chi connectivity index (χ2v) is 5.86. The van der Waals surface area contributed by atoms with Crippen molar-refractivity contribution in [2.75, 3.05) is 19.8 Å². The van der Waals surface area contributed by atoms with Crippen LogP contribution in [0.15, 0.2) is 18.2 Å². The van der Waals surface area contributed by atoms with Crippen molar-refractivity contribution in [1.29, 1.82) is 0 Å². The van der Waals surface area contributed by atoms with Crippen molar-refractivity contribution in [1.82, 2.24) is 10.4 Å². The Balaban J connectivity index is 0.00000364. The number of fused-ring (bicyclic) bond motifs is 1. The molecule has 1 aliphatic heterocycles. The average molecular weight is 410 g/mol. The van der Waals surface area contributed by atoms with E-state index in [4.69, 9.17) is 9.94 Å². The van der Waals surface area contributed by atoms with Crippen molar-refractivity contribution in [2.45, 2.75) is 32.1 Å². The highest BCUT2D eigenvalue weighted by Gasteiger charge is 2.29. The molecule has 0 aliphatic carbocycles. The average Bonchev–Trinajstić information content (AvgIpc) is 2.75. The number of benzene rings is 1. The zero-order chi connectivity index (χ0) is 19.3. The van der Waals surface area contributed by atoms with Crippen molar-refractivity contribution in [3.05, 3.63) is 29.3 Å². The number of carbonyl (C=O) groups is 2. The molecule has 1 atom stereocenters. The third-order valence-corrected chi connectivity index (χ3v) is 3.83. The highest BCUT2D eigenvalue weighted by atomic mass is 32.1. The molecule has 0 bridgehead atoms. The van der Waals surface area contributed by atoms with Crippen LogP contribution in [0.4, 0.5) is 13.2 Å². The SMILES string of the molecule is C[C@H]1COc2cc(C(=O)NO)ccc2CN1C(=O)CCOCC(F)(F)F.S. The van der Waals surface area contributed by atoms with Crippen LogP contribution in [-0.2, 0) is 16.1 Å². The van der Waals surface area contributed by atoms with Crippen molar-refractivity contribution < 1.29 is 37.4 Å². The van der Waals surface area contributed by atoms with E-state index < -0.39 is 18.7 Å². The zero-order valence-electron chi connectivity index (χ0n) is 14.5. The predicted octanol–water partition coefficient (Wildman–Crippen LogP) is 2.00. The number of ether oxygens (including phenoxy) is 2. The lowest BCUT2D eigenvalue weighted by Crippen LogP contribution is -2.40. The second kappa shape index (κ2) is 9.81. The third kappa shape index (κ3) is 6.60. The number of nitrogens with one attached hydrogen (secondary N) is 1. The molecule has 0 unspecified atom stereocenters. The predicted molar refractivity (Wildman–Crippen MR) is 93.1 cm³/mol. The van der Waals surface area contributed by atoms with Gasteiger partial charge in [-0.15, -0.1) is 0 Å². The molecule has 0 radical (unpaired) electrons. The van der Waals surface area contributed by atoms with Gasteiger partial charge in [-0.25, -0.2) is 5.48 Å². The standard InChI is InChI=1S/C16H19F3N2O5.H2S/c1-10-8-26-13-6-11(15(23)20-24)2-3-12(13)7-21(10)14(22)4-5-25-9-16(17,18)19;/h2-3,6,10,24H,4-5,7-9H2,1H3,(H,20,23);1H2/t10-;/m0./s1. The monoisotopic (exact) mass is 410 g/mol. The fourth-order valence-electron chi connectivity index (χ4n) is 2.49. The number of halogens is 3. The molecule has 2 amide bonds. The van der Waals surface area contributed by atoms with Gasteiger partial charge in [0.05, 0.1) is 19.1 Å². The molecule has 152 valence electrons. The van der Waals surface area contributed by atoms with Gasteiger partial charge in [0.15, 0.2) is 0 Å². The minimum atomic E-state index is -4.43. The highest BCUT2D eigenvalue weighted by molar-refractivity contribution is 7.59.